The molecule has 0 radical (unpaired) electrons. The molecule has 0 fully saturated rings. The molecule has 0 amide bonds. The van der Waals surface area contributed by atoms with Crippen LogP contribution in [0.3, 0.4) is 0 Å². The zero-order valence-electron chi connectivity index (χ0n) is 8.43. The summed E-state index contributed by atoms with van der Waals surface area (Å²) in [6.07, 6.45) is 4.57. The molecule has 0 spiro atoms. The van der Waals surface area contributed by atoms with E-state index in [9.17, 15) is 4.79 Å². The molecule has 0 saturated carbocycles. The second kappa shape index (κ2) is 5.61. The highest BCUT2D eigenvalue weighted by Crippen LogP contribution is 2.17. The van der Waals surface area contributed by atoms with Crippen LogP contribution >= 0.6 is 0 Å². The summed E-state index contributed by atoms with van der Waals surface area (Å²) >= 11 is 0. The molecule has 3 nitrogen and oxygen atoms in total. The van der Waals surface area contributed by atoms with Crippen molar-refractivity contribution in [1.82, 2.24) is 0 Å². The van der Waals surface area contributed by atoms with Gasteiger partial charge in [0.2, 0.25) is 0 Å². The molecule has 1 aromatic rings. The number of ether oxygens (including phenoxy) is 1. The number of nitrogens with zero attached hydrogens (tertiary/aromatic N) is 1. The molecular weight excluding hydrogens is 190 g/mol. The average Bonchev–Trinajstić information content (AvgIpc) is 2.29. The van der Waals surface area contributed by atoms with E-state index in [1.807, 2.05) is 6.07 Å². The molecule has 0 atom stereocenters. The minimum Gasteiger partial charge on any atom is -0.497 e. The molecule has 0 N–H and O–H groups in total. The van der Waals surface area contributed by atoms with E-state index in [0.717, 1.165) is 11.8 Å². The van der Waals surface area contributed by atoms with Crippen LogP contribution in [-0.2, 0) is 0 Å². The SMILES string of the molecule is COc1ccc(C=O)c(C=CCC#N)c1. The van der Waals surface area contributed by atoms with E-state index in [1.165, 1.54) is 0 Å². The summed E-state index contributed by atoms with van der Waals surface area (Å²) < 4.78 is 5.05. The molecular formula is C12H11NO2. The Morgan fingerprint density at radius 1 is 1.47 bits per heavy atom. The monoisotopic (exact) mass is 201 g/mol. The van der Waals surface area contributed by atoms with Crippen LogP contribution in [0.5, 0.6) is 5.75 Å². The molecule has 0 saturated heterocycles. The fourth-order valence-corrected chi connectivity index (χ4v) is 1.17. The number of rotatable bonds is 4. The van der Waals surface area contributed by atoms with Crippen LogP contribution in [0.2, 0.25) is 0 Å². The first kappa shape index (κ1) is 11.0. The third-order valence-electron chi connectivity index (χ3n) is 1.93. The lowest BCUT2D eigenvalue weighted by Crippen LogP contribution is -1.89. The zero-order valence-corrected chi connectivity index (χ0v) is 8.43. The summed E-state index contributed by atoms with van der Waals surface area (Å²) in [7, 11) is 1.57. The third-order valence-corrected chi connectivity index (χ3v) is 1.93. The number of carbonyl (C=O) groups is 1. The maximum absolute atomic E-state index is 10.7. The van der Waals surface area contributed by atoms with Crippen LogP contribution in [0.4, 0.5) is 0 Å². The molecule has 15 heavy (non-hydrogen) atoms. The summed E-state index contributed by atoms with van der Waals surface area (Å²) in [5.41, 5.74) is 1.35. The van der Waals surface area contributed by atoms with E-state index in [4.69, 9.17) is 10.00 Å². The molecule has 0 aliphatic rings. The lowest BCUT2D eigenvalue weighted by atomic mass is 10.1. The van der Waals surface area contributed by atoms with Gasteiger partial charge in [-0.3, -0.25) is 4.79 Å². The molecule has 1 aromatic carbocycles. The Bertz CT molecular complexity index is 416. The first-order chi connectivity index (χ1) is 7.31. The number of benzene rings is 1. The van der Waals surface area contributed by atoms with E-state index in [1.54, 1.807) is 37.5 Å². The van der Waals surface area contributed by atoms with Crippen molar-refractivity contribution in [2.45, 2.75) is 6.42 Å². The van der Waals surface area contributed by atoms with Crippen molar-refractivity contribution in [3.63, 3.8) is 0 Å². The number of allylic oxidation sites excluding steroid dienone is 1. The van der Waals surface area contributed by atoms with Gasteiger partial charge >= 0.3 is 0 Å². The summed E-state index contributed by atoms with van der Waals surface area (Å²) in [5.74, 6) is 0.692. The van der Waals surface area contributed by atoms with Crippen molar-refractivity contribution >= 4 is 12.4 Å². The van der Waals surface area contributed by atoms with Crippen molar-refractivity contribution in [2.75, 3.05) is 7.11 Å². The minimum absolute atomic E-state index is 0.329. The van der Waals surface area contributed by atoms with Crippen molar-refractivity contribution in [3.8, 4) is 11.8 Å². The third kappa shape index (κ3) is 2.96. The lowest BCUT2D eigenvalue weighted by Gasteiger charge is -2.03. The average molecular weight is 201 g/mol. The highest BCUT2D eigenvalue weighted by atomic mass is 16.5. The molecule has 3 heteroatoms. The van der Waals surface area contributed by atoms with Gasteiger partial charge in [-0.2, -0.15) is 5.26 Å². The number of nitriles is 1. The van der Waals surface area contributed by atoms with Gasteiger partial charge in [0.05, 0.1) is 19.6 Å². The van der Waals surface area contributed by atoms with Crippen LogP contribution < -0.4 is 4.74 Å². The number of hydrogen-bond donors (Lipinski definition) is 0. The van der Waals surface area contributed by atoms with Crippen LogP contribution in [-0.4, -0.2) is 13.4 Å². The van der Waals surface area contributed by atoms with Gasteiger partial charge in [0, 0.05) is 5.56 Å². The maximum Gasteiger partial charge on any atom is 0.150 e. The van der Waals surface area contributed by atoms with E-state index < -0.39 is 0 Å². The van der Waals surface area contributed by atoms with Gasteiger partial charge < -0.3 is 4.74 Å². The number of aldehydes is 1. The number of hydrogen-bond acceptors (Lipinski definition) is 3. The van der Waals surface area contributed by atoms with Crippen LogP contribution in [0.15, 0.2) is 24.3 Å². The van der Waals surface area contributed by atoms with Gasteiger partial charge in [-0.15, -0.1) is 0 Å². The van der Waals surface area contributed by atoms with E-state index in [0.29, 0.717) is 17.7 Å². The quantitative estimate of drug-likeness (QED) is 0.703. The predicted octanol–water partition coefficient (Wildman–Crippen LogP) is 2.43. The highest BCUT2D eigenvalue weighted by Gasteiger charge is 1.99. The summed E-state index contributed by atoms with van der Waals surface area (Å²) in [4.78, 5) is 10.7. The molecule has 0 unspecified atom stereocenters. The molecule has 0 aliphatic heterocycles. The van der Waals surface area contributed by atoms with Gasteiger partial charge in [0.25, 0.3) is 0 Å². The van der Waals surface area contributed by atoms with Gasteiger partial charge in [0.1, 0.15) is 5.75 Å². The van der Waals surface area contributed by atoms with Gasteiger partial charge in [-0.05, 0) is 23.8 Å². The maximum atomic E-state index is 10.7. The molecule has 0 bridgehead atoms. The molecule has 0 aromatic heterocycles. The minimum atomic E-state index is 0.329. The smallest absolute Gasteiger partial charge is 0.150 e. The largest absolute Gasteiger partial charge is 0.497 e. The molecule has 1 rings (SSSR count). The summed E-state index contributed by atoms with van der Waals surface area (Å²) in [5, 5.41) is 8.38. The van der Waals surface area contributed by atoms with Crippen LogP contribution in [0.1, 0.15) is 22.3 Å². The topological polar surface area (TPSA) is 50.1 Å². The normalized spacial score (nSPS) is 9.87. The van der Waals surface area contributed by atoms with Crippen LogP contribution in [0.25, 0.3) is 6.08 Å². The van der Waals surface area contributed by atoms with Crippen molar-refractivity contribution in [3.05, 3.63) is 35.4 Å². The van der Waals surface area contributed by atoms with E-state index in [-0.39, 0.29) is 0 Å². The standard InChI is InChI=1S/C12H11NO2/c1-15-12-6-5-11(9-14)10(8-12)4-2-3-7-13/h2,4-6,8-9H,3H2,1H3. The first-order valence-electron chi connectivity index (χ1n) is 4.48. The zero-order chi connectivity index (χ0) is 11.1. The van der Waals surface area contributed by atoms with E-state index >= 15 is 0 Å². The summed E-state index contributed by atoms with van der Waals surface area (Å²) in [6, 6.07) is 7.18. The fraction of sp³-hybridized carbons (Fsp3) is 0.167. The van der Waals surface area contributed by atoms with Gasteiger partial charge in [-0.1, -0.05) is 12.2 Å². The Morgan fingerprint density at radius 2 is 2.27 bits per heavy atom. The molecule has 0 aliphatic carbocycles. The Kier molecular flexibility index (Phi) is 4.11. The van der Waals surface area contributed by atoms with Crippen molar-refractivity contribution in [2.24, 2.45) is 0 Å². The lowest BCUT2D eigenvalue weighted by molar-refractivity contribution is 0.112. The van der Waals surface area contributed by atoms with Gasteiger partial charge in [0.15, 0.2) is 6.29 Å². The fourth-order valence-electron chi connectivity index (χ4n) is 1.17. The van der Waals surface area contributed by atoms with Crippen molar-refractivity contribution in [1.29, 1.82) is 5.26 Å². The predicted molar refractivity (Wildman–Crippen MR) is 57.6 cm³/mol. The number of carbonyl (C=O) groups excluding carboxylic acids is 1. The highest BCUT2D eigenvalue weighted by molar-refractivity contribution is 5.82. The Morgan fingerprint density at radius 3 is 2.87 bits per heavy atom. The first-order valence-corrected chi connectivity index (χ1v) is 4.48. The van der Waals surface area contributed by atoms with Gasteiger partial charge in [-0.25, -0.2) is 0 Å². The molecule has 76 valence electrons. The second-order valence-electron chi connectivity index (χ2n) is 2.88. The van der Waals surface area contributed by atoms with Crippen molar-refractivity contribution < 1.29 is 9.53 Å². The second-order valence-corrected chi connectivity index (χ2v) is 2.88. The number of methoxy groups -OCH3 is 1. The van der Waals surface area contributed by atoms with Crippen LogP contribution in [0, 0.1) is 11.3 Å². The van der Waals surface area contributed by atoms with E-state index in [2.05, 4.69) is 0 Å². The Balaban J connectivity index is 3.02. The Hall–Kier alpha value is -2.08. The summed E-state index contributed by atoms with van der Waals surface area (Å²) in [6.45, 7) is 0. The Labute approximate surface area is 88.6 Å². The molecule has 0 heterocycles.